The van der Waals surface area contributed by atoms with Crippen molar-refractivity contribution < 1.29 is 16.7 Å². The zero-order chi connectivity index (χ0) is 11.1. The molecule has 15 heavy (non-hydrogen) atoms. The van der Waals surface area contributed by atoms with E-state index >= 15 is 0 Å². The Kier molecular flexibility index (Phi) is 2.44. The largest absolute Gasteiger partial charge is 0.444 e. The number of hydrogen-bond donors (Lipinski definition) is 0. The number of benzene rings is 1. The van der Waals surface area contributed by atoms with E-state index in [1.54, 1.807) is 24.3 Å². The fourth-order valence-electron chi connectivity index (χ4n) is 1.38. The molecule has 0 atom stereocenters. The maximum Gasteiger partial charge on any atom is 0.306 e. The van der Waals surface area contributed by atoms with Crippen molar-refractivity contribution in [3.63, 3.8) is 0 Å². The lowest BCUT2D eigenvalue weighted by atomic mass is 10.2. The summed E-state index contributed by atoms with van der Waals surface area (Å²) >= 11 is 5.68. The summed E-state index contributed by atoms with van der Waals surface area (Å²) in [6.07, 6.45) is 0. The summed E-state index contributed by atoms with van der Waals surface area (Å²) in [5.41, 5.74) is 0.607. The quantitative estimate of drug-likeness (QED) is 0.768. The number of fused-ring (bicyclic) bond motifs is 1. The van der Waals surface area contributed by atoms with Crippen LogP contribution in [0.15, 0.2) is 28.7 Å². The number of halogens is 2. The highest BCUT2D eigenvalue weighted by Crippen LogP contribution is 2.31. The summed E-state index contributed by atoms with van der Waals surface area (Å²) in [6, 6.07) is 6.68. The molecule has 0 unspecified atom stereocenters. The third-order valence-electron chi connectivity index (χ3n) is 1.97. The zero-order valence-electron chi connectivity index (χ0n) is 7.41. The first-order valence-corrected chi connectivity index (χ1v) is 5.99. The van der Waals surface area contributed by atoms with Gasteiger partial charge in [0.2, 0.25) is 0 Å². The van der Waals surface area contributed by atoms with Crippen LogP contribution in [0, 0.1) is 0 Å². The molecule has 1 aromatic heterocycles. The van der Waals surface area contributed by atoms with Crippen LogP contribution in [0.5, 0.6) is 0 Å². The smallest absolute Gasteiger partial charge is 0.306 e. The first kappa shape index (κ1) is 10.4. The van der Waals surface area contributed by atoms with E-state index < -0.39 is 16.0 Å². The summed E-state index contributed by atoms with van der Waals surface area (Å²) in [5.74, 6) is -0.761. The van der Waals surface area contributed by atoms with E-state index in [0.29, 0.717) is 11.0 Å². The molecule has 0 N–H and O–H groups in total. The second kappa shape index (κ2) is 3.50. The average Bonchev–Trinajstić information content (AvgIpc) is 2.41. The van der Waals surface area contributed by atoms with Gasteiger partial charge in [-0.15, -0.1) is 3.89 Å². The lowest BCUT2D eigenvalue weighted by Gasteiger charge is -1.93. The highest BCUT2D eigenvalue weighted by molar-refractivity contribution is 7.85. The maximum absolute atomic E-state index is 12.5. The molecule has 2 aromatic rings. The molecule has 0 amide bonds. The van der Waals surface area contributed by atoms with Crippen LogP contribution in [-0.4, -0.2) is 8.42 Å². The Labute approximate surface area is 90.7 Å². The number of hydrogen-bond acceptors (Lipinski definition) is 3. The standard InChI is InChI=1S/C9H6ClFO3S/c10-9-7(5-15(11,12)13)6-3-1-2-4-8(6)14-9/h1-4H,5H2. The topological polar surface area (TPSA) is 47.3 Å². The van der Waals surface area contributed by atoms with E-state index in [2.05, 4.69) is 0 Å². The van der Waals surface area contributed by atoms with Gasteiger partial charge in [-0.05, 0) is 17.7 Å². The van der Waals surface area contributed by atoms with Gasteiger partial charge >= 0.3 is 10.2 Å². The van der Waals surface area contributed by atoms with E-state index in [9.17, 15) is 12.3 Å². The number of furan rings is 1. The molecule has 0 saturated carbocycles. The summed E-state index contributed by atoms with van der Waals surface area (Å²) in [4.78, 5) is 0. The van der Waals surface area contributed by atoms with Crippen molar-refractivity contribution in [1.82, 2.24) is 0 Å². The van der Waals surface area contributed by atoms with E-state index in [4.69, 9.17) is 16.0 Å². The average molecular weight is 249 g/mol. The maximum atomic E-state index is 12.5. The molecule has 0 spiro atoms. The molecule has 0 radical (unpaired) electrons. The van der Waals surface area contributed by atoms with Crippen LogP contribution in [0.4, 0.5) is 3.89 Å². The molecule has 0 bridgehead atoms. The second-order valence-electron chi connectivity index (χ2n) is 3.03. The Morgan fingerprint density at radius 1 is 1.33 bits per heavy atom. The fourth-order valence-corrected chi connectivity index (χ4v) is 2.34. The zero-order valence-corrected chi connectivity index (χ0v) is 8.98. The van der Waals surface area contributed by atoms with Crippen LogP contribution in [0.25, 0.3) is 11.0 Å². The Bertz CT molecular complexity index is 603. The van der Waals surface area contributed by atoms with Crippen molar-refractivity contribution in [2.24, 2.45) is 0 Å². The van der Waals surface area contributed by atoms with Crippen molar-refractivity contribution in [1.29, 1.82) is 0 Å². The summed E-state index contributed by atoms with van der Waals surface area (Å²) < 4.78 is 38.7. The van der Waals surface area contributed by atoms with E-state index in [0.717, 1.165) is 0 Å². The molecule has 1 heterocycles. The molecule has 0 aliphatic carbocycles. The van der Waals surface area contributed by atoms with Crippen LogP contribution in [0.2, 0.25) is 5.22 Å². The minimum absolute atomic E-state index is 0.0857. The van der Waals surface area contributed by atoms with Crippen molar-refractivity contribution in [2.75, 3.05) is 0 Å². The lowest BCUT2D eigenvalue weighted by molar-refractivity contribution is 0.550. The predicted octanol–water partition coefficient (Wildman–Crippen LogP) is 2.89. The number of rotatable bonds is 2. The van der Waals surface area contributed by atoms with Gasteiger partial charge in [-0.3, -0.25) is 0 Å². The Hall–Kier alpha value is -1.07. The first-order valence-electron chi connectivity index (χ1n) is 4.05. The molecule has 2 rings (SSSR count). The van der Waals surface area contributed by atoms with Crippen molar-refractivity contribution in [3.8, 4) is 0 Å². The van der Waals surface area contributed by atoms with Gasteiger partial charge in [-0.2, -0.15) is 8.42 Å². The molecule has 80 valence electrons. The monoisotopic (exact) mass is 248 g/mol. The van der Waals surface area contributed by atoms with Gasteiger partial charge in [0.05, 0.1) is 0 Å². The van der Waals surface area contributed by atoms with Crippen LogP contribution >= 0.6 is 11.6 Å². The van der Waals surface area contributed by atoms with Crippen molar-refractivity contribution in [2.45, 2.75) is 5.75 Å². The SMILES string of the molecule is O=S(=O)(F)Cc1c(Cl)oc2ccccc12. The molecule has 1 aromatic carbocycles. The van der Waals surface area contributed by atoms with Crippen LogP contribution in [0.1, 0.15) is 5.56 Å². The Balaban J connectivity index is 2.64. The molecular weight excluding hydrogens is 243 g/mol. The second-order valence-corrected chi connectivity index (χ2v) is 4.74. The lowest BCUT2D eigenvalue weighted by Crippen LogP contribution is -1.95. The van der Waals surface area contributed by atoms with Gasteiger partial charge in [-0.1, -0.05) is 18.2 Å². The normalized spacial score (nSPS) is 12.1. The highest BCUT2D eigenvalue weighted by Gasteiger charge is 2.18. The minimum Gasteiger partial charge on any atom is -0.444 e. The Morgan fingerprint density at radius 3 is 2.67 bits per heavy atom. The third-order valence-corrected chi connectivity index (χ3v) is 2.90. The van der Waals surface area contributed by atoms with Crippen LogP contribution < -0.4 is 0 Å². The third kappa shape index (κ3) is 2.13. The van der Waals surface area contributed by atoms with E-state index in [-0.39, 0.29) is 10.8 Å². The molecule has 0 aliphatic rings. The van der Waals surface area contributed by atoms with E-state index in [1.165, 1.54) is 0 Å². The van der Waals surface area contributed by atoms with E-state index in [1.807, 2.05) is 0 Å². The Morgan fingerprint density at radius 2 is 2.00 bits per heavy atom. The molecule has 3 nitrogen and oxygen atoms in total. The predicted molar refractivity (Wildman–Crippen MR) is 55.0 cm³/mol. The van der Waals surface area contributed by atoms with Gasteiger partial charge in [-0.25, -0.2) is 0 Å². The molecule has 0 aliphatic heterocycles. The first-order chi connectivity index (χ1) is 6.97. The van der Waals surface area contributed by atoms with Gasteiger partial charge < -0.3 is 4.42 Å². The van der Waals surface area contributed by atoms with Gasteiger partial charge in [0.1, 0.15) is 11.3 Å². The number of para-hydroxylation sites is 1. The van der Waals surface area contributed by atoms with Gasteiger partial charge in [0.15, 0.2) is 5.22 Å². The highest BCUT2D eigenvalue weighted by atomic mass is 35.5. The molecule has 0 saturated heterocycles. The molecule has 6 heteroatoms. The van der Waals surface area contributed by atoms with Gasteiger partial charge in [0, 0.05) is 10.9 Å². The van der Waals surface area contributed by atoms with Gasteiger partial charge in [0.25, 0.3) is 0 Å². The summed E-state index contributed by atoms with van der Waals surface area (Å²) in [6.45, 7) is 0. The summed E-state index contributed by atoms with van der Waals surface area (Å²) in [5, 5.41) is 0.432. The fraction of sp³-hybridized carbons (Fsp3) is 0.111. The van der Waals surface area contributed by atoms with Crippen molar-refractivity contribution >= 4 is 32.8 Å². The summed E-state index contributed by atoms with van der Waals surface area (Å²) in [7, 11) is -4.61. The van der Waals surface area contributed by atoms with Crippen LogP contribution in [0.3, 0.4) is 0 Å². The molecular formula is C9H6ClFO3S. The minimum atomic E-state index is -4.61. The van der Waals surface area contributed by atoms with Crippen molar-refractivity contribution in [3.05, 3.63) is 35.0 Å². The van der Waals surface area contributed by atoms with Crippen LogP contribution in [-0.2, 0) is 16.0 Å². The molecule has 0 fully saturated rings.